The Bertz CT molecular complexity index is 640. The van der Waals surface area contributed by atoms with E-state index in [1.54, 1.807) is 18.7 Å². The Morgan fingerprint density at radius 1 is 1.30 bits per heavy atom. The Labute approximate surface area is 137 Å². The Balaban J connectivity index is 1.95. The van der Waals surface area contributed by atoms with Crippen molar-refractivity contribution in [2.75, 3.05) is 13.1 Å². The number of carbonyl (C=O) groups is 1. The van der Waals surface area contributed by atoms with E-state index in [9.17, 15) is 13.2 Å². The Hall–Kier alpha value is -1.61. The molecule has 9 heteroatoms. The van der Waals surface area contributed by atoms with Crippen LogP contribution in [0.4, 0.5) is 4.79 Å². The van der Waals surface area contributed by atoms with E-state index in [0.29, 0.717) is 37.3 Å². The third-order valence-electron chi connectivity index (χ3n) is 3.85. The van der Waals surface area contributed by atoms with Crippen molar-refractivity contribution in [2.24, 2.45) is 0 Å². The van der Waals surface area contributed by atoms with Gasteiger partial charge in [0, 0.05) is 25.2 Å². The number of rotatable bonds is 4. The lowest BCUT2D eigenvalue weighted by atomic mass is 10.1. The predicted octanol–water partition coefficient (Wildman–Crippen LogP) is 0.887. The molecule has 1 aliphatic rings. The van der Waals surface area contributed by atoms with Gasteiger partial charge in [0.15, 0.2) is 0 Å². The lowest BCUT2D eigenvalue weighted by Gasteiger charge is -2.32. The van der Waals surface area contributed by atoms with Gasteiger partial charge < -0.3 is 10.2 Å². The summed E-state index contributed by atoms with van der Waals surface area (Å²) in [7, 11) is -3.60. The third kappa shape index (κ3) is 4.23. The molecule has 1 aromatic rings. The molecule has 0 atom stereocenters. The van der Waals surface area contributed by atoms with Gasteiger partial charge in [-0.05, 0) is 40.5 Å². The van der Waals surface area contributed by atoms with Crippen molar-refractivity contribution in [1.29, 1.82) is 0 Å². The summed E-state index contributed by atoms with van der Waals surface area (Å²) in [5.41, 5.74) is 0.993. The van der Waals surface area contributed by atoms with Crippen molar-refractivity contribution < 1.29 is 13.2 Å². The van der Waals surface area contributed by atoms with Crippen molar-refractivity contribution in [1.82, 2.24) is 25.1 Å². The summed E-state index contributed by atoms with van der Waals surface area (Å²) in [5.74, 6) is 0. The predicted molar refractivity (Wildman–Crippen MR) is 86.6 cm³/mol. The molecule has 0 aliphatic carbocycles. The molecule has 2 amide bonds. The molecule has 130 valence electrons. The summed E-state index contributed by atoms with van der Waals surface area (Å²) in [6.45, 7) is 8.25. The maximum Gasteiger partial charge on any atom is 0.317 e. The van der Waals surface area contributed by atoms with Gasteiger partial charge in [0.05, 0.1) is 11.4 Å². The van der Waals surface area contributed by atoms with Gasteiger partial charge in [-0.2, -0.15) is 5.10 Å². The van der Waals surface area contributed by atoms with E-state index in [2.05, 4.69) is 20.2 Å². The highest BCUT2D eigenvalue weighted by Gasteiger charge is 2.29. The van der Waals surface area contributed by atoms with E-state index < -0.39 is 10.0 Å². The summed E-state index contributed by atoms with van der Waals surface area (Å²) in [5, 5.41) is 9.47. The average molecular weight is 343 g/mol. The van der Waals surface area contributed by atoms with E-state index in [4.69, 9.17) is 0 Å². The van der Waals surface area contributed by atoms with Crippen LogP contribution in [-0.4, -0.2) is 54.7 Å². The Morgan fingerprint density at radius 3 is 2.39 bits per heavy atom. The molecule has 0 unspecified atom stereocenters. The number of sulfonamides is 1. The maximum absolute atomic E-state index is 12.5. The largest absolute Gasteiger partial charge is 0.336 e. The number of aryl methyl sites for hydroxylation is 2. The highest BCUT2D eigenvalue weighted by Crippen LogP contribution is 2.19. The zero-order valence-corrected chi connectivity index (χ0v) is 14.8. The molecule has 0 radical (unpaired) electrons. The maximum atomic E-state index is 12.5. The minimum absolute atomic E-state index is 0.0887. The van der Waals surface area contributed by atoms with Crippen LogP contribution in [0.2, 0.25) is 0 Å². The van der Waals surface area contributed by atoms with Gasteiger partial charge >= 0.3 is 6.03 Å². The molecule has 1 saturated heterocycles. The number of nitrogens with zero attached hydrogens (tertiary/aromatic N) is 2. The first kappa shape index (κ1) is 17.7. The number of piperidine rings is 1. The smallest absolute Gasteiger partial charge is 0.317 e. The van der Waals surface area contributed by atoms with Crippen LogP contribution in [-0.2, 0) is 10.0 Å². The average Bonchev–Trinajstić information content (AvgIpc) is 2.78. The Morgan fingerprint density at radius 2 is 1.91 bits per heavy atom. The van der Waals surface area contributed by atoms with E-state index in [-0.39, 0.29) is 23.0 Å². The number of H-pyrrole nitrogens is 1. The normalized spacial score (nSPS) is 16.8. The first-order valence-electron chi connectivity index (χ1n) is 7.80. The summed E-state index contributed by atoms with van der Waals surface area (Å²) in [6.07, 6.45) is 1.20. The van der Waals surface area contributed by atoms with E-state index in [1.807, 2.05) is 13.8 Å². The lowest BCUT2D eigenvalue weighted by molar-refractivity contribution is 0.177. The number of urea groups is 1. The number of hydrogen-bond acceptors (Lipinski definition) is 4. The molecule has 1 fully saturated rings. The Kier molecular flexibility index (Phi) is 5.30. The number of hydrogen-bond donors (Lipinski definition) is 3. The highest BCUT2D eigenvalue weighted by atomic mass is 32.2. The third-order valence-corrected chi connectivity index (χ3v) is 5.63. The number of likely N-dealkylation sites (tertiary alicyclic amines) is 1. The molecule has 1 aliphatic heterocycles. The van der Waals surface area contributed by atoms with Crippen LogP contribution >= 0.6 is 0 Å². The standard InChI is InChI=1S/C14H25N5O3S/c1-9(2)15-14(20)19-7-5-12(6-8-19)18-23(21,22)13-10(3)16-17-11(13)4/h9,12,18H,5-8H2,1-4H3,(H,15,20)(H,16,17). The van der Waals surface area contributed by atoms with Gasteiger partial charge in [-0.1, -0.05) is 0 Å². The van der Waals surface area contributed by atoms with Gasteiger partial charge in [-0.3, -0.25) is 5.10 Å². The molecule has 0 saturated carbocycles. The molecule has 2 heterocycles. The lowest BCUT2D eigenvalue weighted by Crippen LogP contribution is -2.50. The van der Waals surface area contributed by atoms with Gasteiger partial charge in [0.25, 0.3) is 0 Å². The van der Waals surface area contributed by atoms with Gasteiger partial charge in [0.1, 0.15) is 4.90 Å². The van der Waals surface area contributed by atoms with Crippen molar-refractivity contribution in [3.05, 3.63) is 11.4 Å². The van der Waals surface area contributed by atoms with E-state index in [0.717, 1.165) is 0 Å². The molecule has 23 heavy (non-hydrogen) atoms. The minimum atomic E-state index is -3.60. The summed E-state index contributed by atoms with van der Waals surface area (Å²) >= 11 is 0. The number of aromatic amines is 1. The van der Waals surface area contributed by atoms with Crippen molar-refractivity contribution >= 4 is 16.1 Å². The highest BCUT2D eigenvalue weighted by molar-refractivity contribution is 7.89. The molecule has 0 spiro atoms. The molecule has 1 aromatic heterocycles. The van der Waals surface area contributed by atoms with Crippen LogP contribution in [0.5, 0.6) is 0 Å². The second-order valence-corrected chi connectivity index (χ2v) is 7.90. The van der Waals surface area contributed by atoms with Crippen molar-refractivity contribution in [3.63, 3.8) is 0 Å². The van der Waals surface area contributed by atoms with E-state index >= 15 is 0 Å². The monoisotopic (exact) mass is 343 g/mol. The molecule has 8 nitrogen and oxygen atoms in total. The number of amides is 2. The fourth-order valence-corrected chi connectivity index (χ4v) is 4.43. The van der Waals surface area contributed by atoms with Gasteiger partial charge in [-0.25, -0.2) is 17.9 Å². The topological polar surface area (TPSA) is 107 Å². The molecule has 3 N–H and O–H groups in total. The first-order valence-corrected chi connectivity index (χ1v) is 9.28. The van der Waals surface area contributed by atoms with Crippen LogP contribution in [0, 0.1) is 13.8 Å². The van der Waals surface area contributed by atoms with Crippen LogP contribution in [0.1, 0.15) is 38.1 Å². The van der Waals surface area contributed by atoms with E-state index in [1.165, 1.54) is 0 Å². The zero-order valence-electron chi connectivity index (χ0n) is 14.0. The first-order chi connectivity index (χ1) is 10.7. The van der Waals surface area contributed by atoms with Crippen LogP contribution in [0.3, 0.4) is 0 Å². The zero-order chi connectivity index (χ0) is 17.2. The SMILES string of the molecule is Cc1n[nH]c(C)c1S(=O)(=O)NC1CCN(C(=O)NC(C)C)CC1. The summed E-state index contributed by atoms with van der Waals surface area (Å²) in [6, 6.07) is -0.176. The van der Waals surface area contributed by atoms with Gasteiger partial charge in [0.2, 0.25) is 10.0 Å². The molecule has 0 bridgehead atoms. The second kappa shape index (κ2) is 6.88. The van der Waals surface area contributed by atoms with Crippen LogP contribution in [0.15, 0.2) is 4.90 Å². The van der Waals surface area contributed by atoms with Crippen molar-refractivity contribution in [2.45, 2.75) is 57.5 Å². The quantitative estimate of drug-likeness (QED) is 0.754. The van der Waals surface area contributed by atoms with Crippen molar-refractivity contribution in [3.8, 4) is 0 Å². The number of carbonyl (C=O) groups excluding carboxylic acids is 1. The van der Waals surface area contributed by atoms with Gasteiger partial charge in [-0.15, -0.1) is 0 Å². The molecule has 2 rings (SSSR count). The summed E-state index contributed by atoms with van der Waals surface area (Å²) < 4.78 is 27.7. The summed E-state index contributed by atoms with van der Waals surface area (Å²) in [4.78, 5) is 13.9. The minimum Gasteiger partial charge on any atom is -0.336 e. The fraction of sp³-hybridized carbons (Fsp3) is 0.714. The number of nitrogens with one attached hydrogen (secondary N) is 3. The molecular weight excluding hydrogens is 318 g/mol. The molecule has 0 aromatic carbocycles. The number of aromatic nitrogens is 2. The molecular formula is C14H25N5O3S. The fourth-order valence-electron chi connectivity index (χ4n) is 2.75. The van der Waals surface area contributed by atoms with Crippen LogP contribution < -0.4 is 10.0 Å². The van der Waals surface area contributed by atoms with Crippen LogP contribution in [0.25, 0.3) is 0 Å². The second-order valence-electron chi connectivity index (χ2n) is 6.25.